The smallest absolute Gasteiger partial charge is 0.141 e. The van der Waals surface area contributed by atoms with Gasteiger partial charge in [-0.05, 0) is 25.0 Å². The van der Waals surface area contributed by atoms with Crippen LogP contribution in [0.4, 0.5) is 4.39 Å². The van der Waals surface area contributed by atoms with Gasteiger partial charge in [0.2, 0.25) is 0 Å². The highest BCUT2D eigenvalue weighted by Crippen LogP contribution is 2.15. The van der Waals surface area contributed by atoms with Gasteiger partial charge >= 0.3 is 0 Å². The normalized spacial score (nSPS) is 14.6. The molecular formula is C13H21FN2O. The lowest BCUT2D eigenvalue weighted by Gasteiger charge is -2.23. The third-order valence-corrected chi connectivity index (χ3v) is 2.81. The molecule has 0 aliphatic rings. The lowest BCUT2D eigenvalue weighted by atomic mass is 10.1. The monoisotopic (exact) mass is 240 g/mol. The van der Waals surface area contributed by atoms with E-state index < -0.39 is 0 Å². The maximum atomic E-state index is 12.8. The summed E-state index contributed by atoms with van der Waals surface area (Å²) >= 11 is 0. The number of ether oxygens (including phenoxy) is 1. The van der Waals surface area contributed by atoms with Crippen molar-refractivity contribution in [3.63, 3.8) is 0 Å². The van der Waals surface area contributed by atoms with E-state index in [1.807, 2.05) is 0 Å². The molecule has 3 nitrogen and oxygen atoms in total. The van der Waals surface area contributed by atoms with E-state index in [2.05, 4.69) is 24.1 Å². The van der Waals surface area contributed by atoms with Crippen LogP contribution in [0.25, 0.3) is 0 Å². The summed E-state index contributed by atoms with van der Waals surface area (Å²) in [7, 11) is 1.70. The number of methoxy groups -OCH3 is 1. The van der Waals surface area contributed by atoms with Crippen LogP contribution in [0.3, 0.4) is 0 Å². The van der Waals surface area contributed by atoms with Gasteiger partial charge in [0.05, 0.1) is 18.5 Å². The number of nitrogens with one attached hydrogen (secondary N) is 1. The highest BCUT2D eigenvalue weighted by molar-refractivity contribution is 5.10. The van der Waals surface area contributed by atoms with Crippen LogP contribution >= 0.6 is 0 Å². The van der Waals surface area contributed by atoms with Gasteiger partial charge in [0.1, 0.15) is 5.82 Å². The van der Waals surface area contributed by atoms with Crippen molar-refractivity contribution in [3.05, 3.63) is 29.8 Å². The Morgan fingerprint density at radius 2 is 2.12 bits per heavy atom. The summed E-state index contributed by atoms with van der Waals surface area (Å²) in [6.45, 7) is 4.87. The Bertz CT molecular complexity index is 316. The van der Waals surface area contributed by atoms with Gasteiger partial charge in [-0.1, -0.05) is 13.8 Å². The molecule has 1 aromatic heterocycles. The number of halogens is 1. The molecule has 0 saturated heterocycles. The third-order valence-electron chi connectivity index (χ3n) is 2.81. The zero-order valence-corrected chi connectivity index (χ0v) is 10.7. The summed E-state index contributed by atoms with van der Waals surface area (Å²) in [6.07, 6.45) is 3.17. The van der Waals surface area contributed by atoms with Crippen LogP contribution < -0.4 is 5.32 Å². The number of hydrogen-bond acceptors (Lipinski definition) is 3. The predicted octanol–water partition coefficient (Wildman–Crippen LogP) is 2.69. The van der Waals surface area contributed by atoms with E-state index in [0.717, 1.165) is 18.5 Å². The fourth-order valence-electron chi connectivity index (χ4n) is 1.78. The van der Waals surface area contributed by atoms with E-state index in [1.165, 1.54) is 12.3 Å². The van der Waals surface area contributed by atoms with E-state index in [1.54, 1.807) is 13.2 Å². The highest BCUT2D eigenvalue weighted by atomic mass is 19.1. The van der Waals surface area contributed by atoms with Crippen molar-refractivity contribution in [3.8, 4) is 0 Å². The van der Waals surface area contributed by atoms with Gasteiger partial charge in [-0.2, -0.15) is 0 Å². The Hall–Kier alpha value is -1.00. The molecule has 1 N–H and O–H groups in total. The maximum Gasteiger partial charge on any atom is 0.141 e. The topological polar surface area (TPSA) is 34.1 Å². The van der Waals surface area contributed by atoms with Crippen molar-refractivity contribution in [2.75, 3.05) is 13.7 Å². The molecule has 0 aromatic carbocycles. The first-order chi connectivity index (χ1) is 8.21. The predicted molar refractivity (Wildman–Crippen MR) is 66.3 cm³/mol. The van der Waals surface area contributed by atoms with Crippen LogP contribution in [0.15, 0.2) is 18.3 Å². The number of aromatic nitrogens is 1. The van der Waals surface area contributed by atoms with E-state index in [4.69, 9.17) is 4.74 Å². The van der Waals surface area contributed by atoms with Gasteiger partial charge in [-0.25, -0.2) is 4.39 Å². The number of nitrogens with zero attached hydrogens (tertiary/aromatic N) is 1. The fourth-order valence-corrected chi connectivity index (χ4v) is 1.78. The lowest BCUT2D eigenvalue weighted by molar-refractivity contribution is 0.157. The molecule has 1 heterocycles. The van der Waals surface area contributed by atoms with Crippen LogP contribution in [0.5, 0.6) is 0 Å². The van der Waals surface area contributed by atoms with Gasteiger partial charge < -0.3 is 10.1 Å². The minimum atomic E-state index is -0.299. The first-order valence-corrected chi connectivity index (χ1v) is 6.07. The molecule has 4 heteroatoms. The molecule has 0 radical (unpaired) electrons. The fraction of sp³-hybridized carbons (Fsp3) is 0.615. The first kappa shape index (κ1) is 14.1. The van der Waals surface area contributed by atoms with Crippen molar-refractivity contribution >= 4 is 0 Å². The number of hydrogen-bond donors (Lipinski definition) is 1. The number of pyridine rings is 1. The molecule has 96 valence electrons. The van der Waals surface area contributed by atoms with Gasteiger partial charge in [0.25, 0.3) is 0 Å². The molecule has 0 aliphatic carbocycles. The molecule has 2 atom stereocenters. The van der Waals surface area contributed by atoms with Crippen molar-refractivity contribution < 1.29 is 9.13 Å². The Labute approximate surface area is 102 Å². The Morgan fingerprint density at radius 1 is 1.35 bits per heavy atom. The molecular weight excluding hydrogens is 219 g/mol. The molecule has 0 saturated carbocycles. The maximum absolute atomic E-state index is 12.8. The van der Waals surface area contributed by atoms with Crippen LogP contribution in [0.2, 0.25) is 0 Å². The molecule has 1 rings (SSSR count). The summed E-state index contributed by atoms with van der Waals surface area (Å²) in [5.74, 6) is -0.299. The first-order valence-electron chi connectivity index (χ1n) is 6.07. The molecule has 0 spiro atoms. The average Bonchev–Trinajstić information content (AvgIpc) is 2.36. The zero-order valence-electron chi connectivity index (χ0n) is 10.7. The lowest BCUT2D eigenvalue weighted by Crippen LogP contribution is -2.35. The van der Waals surface area contributed by atoms with Crippen molar-refractivity contribution in [2.45, 2.75) is 38.8 Å². The van der Waals surface area contributed by atoms with Crippen LogP contribution in [0.1, 0.15) is 38.4 Å². The van der Waals surface area contributed by atoms with Crippen molar-refractivity contribution in [1.82, 2.24) is 10.3 Å². The Balaban J connectivity index is 2.67. The second kappa shape index (κ2) is 7.35. The summed E-state index contributed by atoms with van der Waals surface area (Å²) in [4.78, 5) is 4.12. The molecule has 17 heavy (non-hydrogen) atoms. The molecule has 0 fully saturated rings. The SMILES string of the molecule is CCC(COC)NC(CC)c1ccc(F)cn1. The standard InChI is InChI=1S/C13H21FN2O/c1-4-11(9-17-3)16-12(5-2)13-7-6-10(14)8-15-13/h6-8,11-12,16H,4-5,9H2,1-3H3. The average molecular weight is 240 g/mol. The largest absolute Gasteiger partial charge is 0.383 e. The number of rotatable bonds is 7. The quantitative estimate of drug-likeness (QED) is 0.795. The molecule has 0 bridgehead atoms. The van der Waals surface area contributed by atoms with Crippen LogP contribution in [-0.4, -0.2) is 24.7 Å². The minimum Gasteiger partial charge on any atom is -0.383 e. The third kappa shape index (κ3) is 4.40. The van der Waals surface area contributed by atoms with E-state index in [0.29, 0.717) is 12.6 Å². The Kier molecular flexibility index (Phi) is 6.08. The van der Waals surface area contributed by atoms with E-state index >= 15 is 0 Å². The van der Waals surface area contributed by atoms with Gasteiger partial charge in [0, 0.05) is 19.2 Å². The van der Waals surface area contributed by atoms with Crippen molar-refractivity contribution in [1.29, 1.82) is 0 Å². The summed E-state index contributed by atoms with van der Waals surface area (Å²) in [5, 5.41) is 3.48. The zero-order chi connectivity index (χ0) is 12.7. The second-order valence-corrected chi connectivity index (χ2v) is 4.09. The Morgan fingerprint density at radius 3 is 2.59 bits per heavy atom. The summed E-state index contributed by atoms with van der Waals surface area (Å²) in [5.41, 5.74) is 0.878. The summed E-state index contributed by atoms with van der Waals surface area (Å²) in [6, 6.07) is 3.63. The van der Waals surface area contributed by atoms with Gasteiger partial charge in [-0.15, -0.1) is 0 Å². The van der Waals surface area contributed by atoms with E-state index in [9.17, 15) is 4.39 Å². The molecule has 1 aromatic rings. The van der Waals surface area contributed by atoms with E-state index in [-0.39, 0.29) is 11.9 Å². The van der Waals surface area contributed by atoms with Crippen molar-refractivity contribution in [2.24, 2.45) is 0 Å². The molecule has 2 unspecified atom stereocenters. The molecule has 0 amide bonds. The molecule has 0 aliphatic heterocycles. The second-order valence-electron chi connectivity index (χ2n) is 4.09. The summed E-state index contributed by atoms with van der Waals surface area (Å²) < 4.78 is 18.0. The van der Waals surface area contributed by atoms with Crippen LogP contribution in [0, 0.1) is 5.82 Å². The van der Waals surface area contributed by atoms with Crippen LogP contribution in [-0.2, 0) is 4.74 Å². The van der Waals surface area contributed by atoms with Gasteiger partial charge in [-0.3, -0.25) is 4.98 Å². The van der Waals surface area contributed by atoms with Gasteiger partial charge in [0.15, 0.2) is 0 Å². The highest BCUT2D eigenvalue weighted by Gasteiger charge is 2.15. The minimum absolute atomic E-state index is 0.149.